The standard InChI is InChI=1S/C9H19O.CNO.Zr/c1-5-8(4)9(10,6-2)7-3;2-1-3;/h8H,5-7H2,1-4H3;;/q2*-1;+2. The zero-order valence-electron chi connectivity index (χ0n) is 9.46. The summed E-state index contributed by atoms with van der Waals surface area (Å²) in [4.78, 5) is 9.98. The van der Waals surface area contributed by atoms with Crippen molar-refractivity contribution in [2.45, 2.75) is 52.6 Å². The first kappa shape index (κ1) is 14.2. The minimum absolute atomic E-state index is 0.0543. The number of hydrogen-bond acceptors (Lipinski definition) is 3. The molecule has 80 valence electrons. The molecule has 0 aliphatic heterocycles. The van der Waals surface area contributed by atoms with Crippen LogP contribution in [0.25, 0.3) is 0 Å². The van der Waals surface area contributed by atoms with Crippen molar-refractivity contribution in [1.29, 1.82) is 0 Å². The maximum absolute atomic E-state index is 9.98. The van der Waals surface area contributed by atoms with Crippen molar-refractivity contribution in [1.82, 2.24) is 0 Å². The van der Waals surface area contributed by atoms with Crippen LogP contribution < -0.4 is 0 Å². The van der Waals surface area contributed by atoms with Gasteiger partial charge in [0.25, 0.3) is 0 Å². The summed E-state index contributed by atoms with van der Waals surface area (Å²) in [6.45, 7) is 8.65. The van der Waals surface area contributed by atoms with E-state index in [1.165, 1.54) is 0 Å². The third-order valence-corrected chi connectivity index (χ3v) is 4.72. The third kappa shape index (κ3) is 3.76. The van der Waals surface area contributed by atoms with E-state index >= 15 is 0 Å². The number of carbonyl (C=O) groups excluding carboxylic acids is 1. The minimum atomic E-state index is -1.33. The van der Waals surface area contributed by atoms with Crippen molar-refractivity contribution < 1.29 is 31.6 Å². The van der Waals surface area contributed by atoms with Gasteiger partial charge in [-0.25, -0.2) is 0 Å². The van der Waals surface area contributed by atoms with Crippen LogP contribution in [-0.2, 0) is 31.6 Å². The van der Waals surface area contributed by atoms with Crippen molar-refractivity contribution in [2.24, 2.45) is 8.85 Å². The Hall–Kier alpha value is 0.223. The normalized spacial score (nSPS) is 13.1. The molecule has 14 heavy (non-hydrogen) atoms. The van der Waals surface area contributed by atoms with Gasteiger partial charge in [0.05, 0.1) is 0 Å². The molecule has 0 rings (SSSR count). The molecular formula is C10H19NO2Zr. The van der Waals surface area contributed by atoms with Gasteiger partial charge in [-0.1, -0.05) is 0 Å². The topological polar surface area (TPSA) is 38.7 Å². The Kier molecular flexibility index (Phi) is 7.63. The molecule has 0 N–H and O–H groups in total. The zero-order valence-corrected chi connectivity index (χ0v) is 11.9. The van der Waals surface area contributed by atoms with Crippen molar-refractivity contribution in [3.8, 4) is 0 Å². The molecule has 0 aromatic carbocycles. The van der Waals surface area contributed by atoms with Crippen LogP contribution in [-0.4, -0.2) is 11.7 Å². The molecule has 0 saturated heterocycles. The van der Waals surface area contributed by atoms with E-state index in [0.717, 1.165) is 19.3 Å². The Morgan fingerprint density at radius 1 is 1.43 bits per heavy atom. The van der Waals surface area contributed by atoms with Crippen molar-refractivity contribution in [2.75, 3.05) is 0 Å². The number of isocyanates is 1. The van der Waals surface area contributed by atoms with E-state index in [1.807, 2.05) is 0 Å². The van der Waals surface area contributed by atoms with Gasteiger partial charge in [0.1, 0.15) is 0 Å². The average Bonchev–Trinajstić information content (AvgIpc) is 2.24. The SMILES string of the molecule is CCC(C)C(CC)(CC)[O][Zr][N]=C=O. The van der Waals surface area contributed by atoms with Crippen LogP contribution in [0.5, 0.6) is 0 Å². The molecule has 0 aromatic heterocycles. The fraction of sp³-hybridized carbons (Fsp3) is 0.900. The summed E-state index contributed by atoms with van der Waals surface area (Å²) in [6, 6.07) is 0. The van der Waals surface area contributed by atoms with Crippen molar-refractivity contribution >= 4 is 6.08 Å². The Morgan fingerprint density at radius 3 is 2.36 bits per heavy atom. The molecule has 3 nitrogen and oxygen atoms in total. The monoisotopic (exact) mass is 275 g/mol. The second-order valence-corrected chi connectivity index (χ2v) is 4.98. The summed E-state index contributed by atoms with van der Waals surface area (Å²) in [5.74, 6) is 0.528. The molecule has 0 bridgehead atoms. The van der Waals surface area contributed by atoms with Gasteiger partial charge < -0.3 is 0 Å². The number of rotatable bonds is 7. The van der Waals surface area contributed by atoms with Crippen LogP contribution in [0.3, 0.4) is 0 Å². The van der Waals surface area contributed by atoms with E-state index in [9.17, 15) is 4.79 Å². The molecule has 0 amide bonds. The van der Waals surface area contributed by atoms with E-state index in [2.05, 4.69) is 30.6 Å². The second-order valence-electron chi connectivity index (χ2n) is 3.48. The molecule has 1 atom stereocenters. The quantitative estimate of drug-likeness (QED) is 0.530. The summed E-state index contributed by atoms with van der Waals surface area (Å²) in [7, 11) is 0. The van der Waals surface area contributed by atoms with Gasteiger partial charge >= 0.3 is 99.1 Å². The molecular weight excluding hydrogens is 257 g/mol. The fourth-order valence-corrected chi connectivity index (χ4v) is 3.55. The molecule has 0 aliphatic rings. The van der Waals surface area contributed by atoms with Gasteiger partial charge in [0.2, 0.25) is 0 Å². The Labute approximate surface area is 98.9 Å². The molecule has 0 heterocycles. The van der Waals surface area contributed by atoms with Gasteiger partial charge in [-0.3, -0.25) is 0 Å². The van der Waals surface area contributed by atoms with Crippen LogP contribution >= 0.6 is 0 Å². The van der Waals surface area contributed by atoms with Crippen LogP contribution in [0.15, 0.2) is 2.94 Å². The van der Waals surface area contributed by atoms with Gasteiger partial charge in [0.15, 0.2) is 0 Å². The Balaban J connectivity index is 4.43. The summed E-state index contributed by atoms with van der Waals surface area (Å²) in [5, 5.41) is 0. The van der Waals surface area contributed by atoms with Gasteiger partial charge in [-0.15, -0.1) is 0 Å². The first-order valence-corrected chi connectivity index (χ1v) is 7.27. The summed E-state index contributed by atoms with van der Waals surface area (Å²) < 4.78 is 9.47. The second kappa shape index (κ2) is 7.51. The van der Waals surface area contributed by atoms with Gasteiger partial charge in [0, 0.05) is 0 Å². The van der Waals surface area contributed by atoms with Crippen LogP contribution in [0.1, 0.15) is 47.0 Å². The fourth-order valence-electron chi connectivity index (χ4n) is 1.70. The first-order valence-electron chi connectivity index (χ1n) is 5.16. The molecule has 1 unspecified atom stereocenters. The summed E-state index contributed by atoms with van der Waals surface area (Å²) >= 11 is -1.33. The van der Waals surface area contributed by atoms with Crippen molar-refractivity contribution in [3.05, 3.63) is 0 Å². The molecule has 0 saturated carbocycles. The molecule has 4 heteroatoms. The predicted octanol–water partition coefficient (Wildman–Crippen LogP) is 2.86. The molecule has 0 aromatic rings. The van der Waals surface area contributed by atoms with Gasteiger partial charge in [-0.05, 0) is 0 Å². The number of hydrogen-bond donors (Lipinski definition) is 0. The van der Waals surface area contributed by atoms with E-state index < -0.39 is 24.0 Å². The van der Waals surface area contributed by atoms with Crippen molar-refractivity contribution in [3.63, 3.8) is 0 Å². The van der Waals surface area contributed by atoms with Crippen LogP contribution in [0.4, 0.5) is 0 Å². The molecule has 0 aliphatic carbocycles. The number of nitrogens with zero attached hydrogens (tertiary/aromatic N) is 1. The summed E-state index contributed by atoms with van der Waals surface area (Å²) in [5.41, 5.74) is -0.0543. The van der Waals surface area contributed by atoms with E-state index in [0.29, 0.717) is 5.92 Å². The maximum atomic E-state index is 9.98. The Bertz CT molecular complexity index is 198. The van der Waals surface area contributed by atoms with Crippen LogP contribution in [0.2, 0.25) is 0 Å². The van der Waals surface area contributed by atoms with Gasteiger partial charge in [-0.2, -0.15) is 0 Å². The summed E-state index contributed by atoms with van der Waals surface area (Å²) in [6.07, 6.45) is 4.66. The zero-order chi connectivity index (χ0) is 11.0. The molecule has 0 spiro atoms. The first-order chi connectivity index (χ1) is 6.66. The predicted molar refractivity (Wildman–Crippen MR) is 52.0 cm³/mol. The van der Waals surface area contributed by atoms with E-state index in [4.69, 9.17) is 2.81 Å². The average molecular weight is 276 g/mol. The Morgan fingerprint density at radius 2 is 2.00 bits per heavy atom. The third-order valence-electron chi connectivity index (χ3n) is 3.05. The molecule has 0 fully saturated rings. The van der Waals surface area contributed by atoms with Crippen LogP contribution in [0, 0.1) is 5.92 Å². The van der Waals surface area contributed by atoms with E-state index in [-0.39, 0.29) is 5.60 Å². The van der Waals surface area contributed by atoms with E-state index in [1.54, 1.807) is 6.08 Å². The molecule has 0 radical (unpaired) electrons.